The summed E-state index contributed by atoms with van der Waals surface area (Å²) in [5.41, 5.74) is 1.90. The quantitative estimate of drug-likeness (QED) is 0.654. The van der Waals surface area contributed by atoms with Crippen LogP contribution >= 0.6 is 31.9 Å². The SMILES string of the molecule is NN(c1ccc(Br)cc1)c1ccc(Br)cc1. The fraction of sp³-hybridized carbons (Fsp3) is 0. The van der Waals surface area contributed by atoms with Gasteiger partial charge in [0.1, 0.15) is 0 Å². The lowest BCUT2D eigenvalue weighted by Gasteiger charge is -2.18. The highest BCUT2D eigenvalue weighted by Gasteiger charge is 2.03. The van der Waals surface area contributed by atoms with Gasteiger partial charge in [-0.3, -0.25) is 5.01 Å². The number of benzene rings is 2. The van der Waals surface area contributed by atoms with Gasteiger partial charge in [0.25, 0.3) is 0 Å². The average Bonchev–Trinajstić information content (AvgIpc) is 2.30. The van der Waals surface area contributed by atoms with Crippen LogP contribution in [0.4, 0.5) is 11.4 Å². The molecule has 82 valence electrons. The predicted octanol–water partition coefficient (Wildman–Crippen LogP) is 4.22. The second-order valence-electron chi connectivity index (χ2n) is 3.32. The van der Waals surface area contributed by atoms with Crippen molar-refractivity contribution in [2.24, 2.45) is 5.84 Å². The molecule has 0 aromatic heterocycles. The highest BCUT2D eigenvalue weighted by molar-refractivity contribution is 9.10. The van der Waals surface area contributed by atoms with Crippen LogP contribution in [0.5, 0.6) is 0 Å². The van der Waals surface area contributed by atoms with E-state index in [-0.39, 0.29) is 0 Å². The number of nitrogens with zero attached hydrogens (tertiary/aromatic N) is 1. The second-order valence-corrected chi connectivity index (χ2v) is 5.15. The van der Waals surface area contributed by atoms with Crippen LogP contribution in [0.25, 0.3) is 0 Å². The summed E-state index contributed by atoms with van der Waals surface area (Å²) in [6, 6.07) is 15.7. The molecule has 0 aliphatic rings. The molecule has 0 radical (unpaired) electrons. The molecule has 2 N–H and O–H groups in total. The fourth-order valence-electron chi connectivity index (χ4n) is 1.35. The molecule has 0 aliphatic heterocycles. The molecule has 2 aromatic rings. The summed E-state index contributed by atoms with van der Waals surface area (Å²) in [6.45, 7) is 0. The van der Waals surface area contributed by atoms with Crippen LogP contribution in [-0.4, -0.2) is 0 Å². The van der Waals surface area contributed by atoms with E-state index >= 15 is 0 Å². The Morgan fingerprint density at radius 2 is 1.00 bits per heavy atom. The van der Waals surface area contributed by atoms with E-state index in [2.05, 4.69) is 31.9 Å². The van der Waals surface area contributed by atoms with Crippen LogP contribution < -0.4 is 10.9 Å². The normalized spacial score (nSPS) is 10.2. The molecule has 2 nitrogen and oxygen atoms in total. The first-order chi connectivity index (χ1) is 7.66. The molecule has 2 rings (SSSR count). The third kappa shape index (κ3) is 2.64. The van der Waals surface area contributed by atoms with Crippen LogP contribution in [-0.2, 0) is 0 Å². The molecule has 2 aromatic carbocycles. The van der Waals surface area contributed by atoms with E-state index in [0.717, 1.165) is 20.3 Å². The van der Waals surface area contributed by atoms with Crippen LogP contribution in [0.15, 0.2) is 57.5 Å². The molecule has 0 saturated heterocycles. The summed E-state index contributed by atoms with van der Waals surface area (Å²) in [6.07, 6.45) is 0. The van der Waals surface area contributed by atoms with E-state index in [0.29, 0.717) is 0 Å². The van der Waals surface area contributed by atoms with Gasteiger partial charge in [-0.15, -0.1) is 0 Å². The lowest BCUT2D eigenvalue weighted by atomic mass is 10.2. The minimum Gasteiger partial charge on any atom is -0.280 e. The first kappa shape index (κ1) is 11.6. The van der Waals surface area contributed by atoms with Gasteiger partial charge in [-0.1, -0.05) is 31.9 Å². The zero-order valence-electron chi connectivity index (χ0n) is 8.40. The summed E-state index contributed by atoms with van der Waals surface area (Å²) in [5, 5.41) is 1.65. The van der Waals surface area contributed by atoms with Crippen molar-refractivity contribution < 1.29 is 0 Å². The zero-order valence-corrected chi connectivity index (χ0v) is 11.6. The summed E-state index contributed by atoms with van der Waals surface area (Å²) in [5.74, 6) is 6.02. The number of rotatable bonds is 2. The Bertz CT molecular complexity index is 420. The van der Waals surface area contributed by atoms with Gasteiger partial charge >= 0.3 is 0 Å². The van der Waals surface area contributed by atoms with Crippen LogP contribution in [0.2, 0.25) is 0 Å². The number of hydrogen-bond acceptors (Lipinski definition) is 2. The third-order valence-corrected chi connectivity index (χ3v) is 3.27. The van der Waals surface area contributed by atoms with Crippen molar-refractivity contribution in [1.29, 1.82) is 0 Å². The Morgan fingerprint density at radius 1 is 0.688 bits per heavy atom. The lowest BCUT2D eigenvalue weighted by molar-refractivity contribution is 1.09. The van der Waals surface area contributed by atoms with Crippen molar-refractivity contribution in [3.63, 3.8) is 0 Å². The van der Waals surface area contributed by atoms with Crippen LogP contribution in [0.3, 0.4) is 0 Å². The van der Waals surface area contributed by atoms with Gasteiger partial charge < -0.3 is 0 Å². The molecule has 0 unspecified atom stereocenters. The second kappa shape index (κ2) is 4.99. The number of hydrogen-bond donors (Lipinski definition) is 1. The van der Waals surface area contributed by atoms with Crippen LogP contribution in [0.1, 0.15) is 0 Å². The fourth-order valence-corrected chi connectivity index (χ4v) is 1.88. The monoisotopic (exact) mass is 340 g/mol. The first-order valence-corrected chi connectivity index (χ1v) is 6.31. The number of hydrazine groups is 1. The van der Waals surface area contributed by atoms with E-state index in [1.54, 1.807) is 5.01 Å². The molecule has 0 aliphatic carbocycles. The van der Waals surface area contributed by atoms with Crippen LogP contribution in [0, 0.1) is 0 Å². The molecule has 0 bridgehead atoms. The average molecular weight is 342 g/mol. The van der Waals surface area contributed by atoms with Crippen molar-refractivity contribution in [2.75, 3.05) is 5.01 Å². The topological polar surface area (TPSA) is 29.3 Å². The predicted molar refractivity (Wildman–Crippen MR) is 74.6 cm³/mol. The Kier molecular flexibility index (Phi) is 3.63. The Balaban J connectivity index is 2.28. The molecule has 0 saturated carbocycles. The minimum absolute atomic E-state index is 0.950. The number of halogens is 2. The maximum absolute atomic E-state index is 6.02. The Labute approximate surface area is 111 Å². The standard InChI is InChI=1S/C12H10Br2N2/c13-9-1-5-11(6-2-9)16(15)12-7-3-10(14)4-8-12/h1-8H,15H2. The van der Waals surface area contributed by atoms with Crippen molar-refractivity contribution in [1.82, 2.24) is 0 Å². The minimum atomic E-state index is 0.950. The summed E-state index contributed by atoms with van der Waals surface area (Å²) < 4.78 is 2.08. The highest BCUT2D eigenvalue weighted by Crippen LogP contribution is 2.24. The highest BCUT2D eigenvalue weighted by atomic mass is 79.9. The van der Waals surface area contributed by atoms with Gasteiger partial charge in [-0.2, -0.15) is 0 Å². The molecule has 4 heteroatoms. The van der Waals surface area contributed by atoms with Gasteiger partial charge in [0, 0.05) is 8.95 Å². The van der Waals surface area contributed by atoms with Crippen molar-refractivity contribution in [3.05, 3.63) is 57.5 Å². The van der Waals surface area contributed by atoms with E-state index in [9.17, 15) is 0 Å². The number of anilines is 2. The summed E-state index contributed by atoms with van der Waals surface area (Å²) in [4.78, 5) is 0. The molecule has 0 heterocycles. The van der Waals surface area contributed by atoms with Gasteiger partial charge in [0.15, 0.2) is 0 Å². The zero-order chi connectivity index (χ0) is 11.5. The molecular formula is C12H10Br2N2. The van der Waals surface area contributed by atoms with Crippen molar-refractivity contribution >= 4 is 43.2 Å². The molecule has 0 atom stereocenters. The molecular weight excluding hydrogens is 332 g/mol. The van der Waals surface area contributed by atoms with E-state index in [1.165, 1.54) is 0 Å². The largest absolute Gasteiger partial charge is 0.280 e. The first-order valence-electron chi connectivity index (χ1n) is 4.73. The van der Waals surface area contributed by atoms with Gasteiger partial charge in [0.2, 0.25) is 0 Å². The molecule has 0 fully saturated rings. The molecule has 0 spiro atoms. The lowest BCUT2D eigenvalue weighted by Crippen LogP contribution is -2.24. The molecule has 0 amide bonds. The van der Waals surface area contributed by atoms with E-state index < -0.39 is 0 Å². The van der Waals surface area contributed by atoms with Gasteiger partial charge in [-0.25, -0.2) is 5.84 Å². The maximum Gasteiger partial charge on any atom is 0.0576 e. The summed E-state index contributed by atoms with van der Waals surface area (Å²) in [7, 11) is 0. The maximum atomic E-state index is 6.02. The van der Waals surface area contributed by atoms with Crippen molar-refractivity contribution in [3.8, 4) is 0 Å². The smallest absolute Gasteiger partial charge is 0.0576 e. The third-order valence-electron chi connectivity index (χ3n) is 2.21. The Morgan fingerprint density at radius 3 is 1.31 bits per heavy atom. The van der Waals surface area contributed by atoms with E-state index in [4.69, 9.17) is 5.84 Å². The van der Waals surface area contributed by atoms with Crippen molar-refractivity contribution in [2.45, 2.75) is 0 Å². The summed E-state index contributed by atoms with van der Waals surface area (Å²) >= 11 is 6.79. The Hall–Kier alpha value is -0.840. The molecule has 16 heavy (non-hydrogen) atoms. The van der Waals surface area contributed by atoms with E-state index in [1.807, 2.05) is 48.5 Å². The van der Waals surface area contributed by atoms with Gasteiger partial charge in [0.05, 0.1) is 11.4 Å². The van der Waals surface area contributed by atoms with Gasteiger partial charge in [-0.05, 0) is 48.5 Å². The number of nitrogens with two attached hydrogens (primary N) is 1.